The van der Waals surface area contributed by atoms with Crippen molar-refractivity contribution in [1.29, 1.82) is 0 Å². The van der Waals surface area contributed by atoms with Crippen molar-refractivity contribution >= 4 is 30.2 Å². The Morgan fingerprint density at radius 1 is 1.03 bits per heavy atom. The maximum absolute atomic E-state index is 12.2. The molecule has 0 aliphatic heterocycles. The number of aldehydes is 1. The molecule has 4 rings (SSSR count). The molecule has 0 radical (unpaired) electrons. The molecular formula is C28H26N4O3. The molecule has 7 nitrogen and oxygen atoms in total. The third-order valence-corrected chi connectivity index (χ3v) is 5.37. The first-order chi connectivity index (χ1) is 17.0. The van der Waals surface area contributed by atoms with E-state index in [0.29, 0.717) is 23.2 Å². The van der Waals surface area contributed by atoms with Crippen LogP contribution in [0.25, 0.3) is 17.2 Å². The van der Waals surface area contributed by atoms with Crippen LogP contribution in [0, 0.1) is 4.91 Å². The number of nitrogens with one attached hydrogen (secondary N) is 1. The van der Waals surface area contributed by atoms with E-state index in [-0.39, 0.29) is 5.78 Å². The Kier molecular flexibility index (Phi) is 8.70. The first-order valence-corrected chi connectivity index (χ1v) is 10.9. The summed E-state index contributed by atoms with van der Waals surface area (Å²) in [7, 11) is 3.61. The second kappa shape index (κ2) is 12.1. The van der Waals surface area contributed by atoms with Crippen LogP contribution in [-0.4, -0.2) is 37.4 Å². The van der Waals surface area contributed by atoms with Crippen LogP contribution in [0.5, 0.6) is 0 Å². The number of fused-ring (bicyclic) bond motifs is 3. The van der Waals surface area contributed by atoms with E-state index in [1.807, 2.05) is 43.4 Å². The molecule has 176 valence electrons. The number of likely N-dealkylation sites (N-methyl/N-ethyl adjacent to an activating group) is 1. The molecule has 0 atom stereocenters. The highest BCUT2D eigenvalue weighted by Gasteiger charge is 2.27. The smallest absolute Gasteiger partial charge is 0.194 e. The lowest BCUT2D eigenvalue weighted by Gasteiger charge is -2.11. The van der Waals surface area contributed by atoms with Crippen LogP contribution in [0.15, 0.2) is 95.4 Å². The molecule has 3 aromatic carbocycles. The Hall–Kier alpha value is -4.49. The van der Waals surface area contributed by atoms with E-state index < -0.39 is 0 Å². The summed E-state index contributed by atoms with van der Waals surface area (Å²) in [6.45, 7) is 4.23. The number of benzene rings is 3. The third kappa shape index (κ3) is 5.90. The van der Waals surface area contributed by atoms with E-state index >= 15 is 0 Å². The Balaban J connectivity index is 0.000000196. The monoisotopic (exact) mass is 466 g/mol. The fourth-order valence-corrected chi connectivity index (χ4v) is 3.76. The minimum absolute atomic E-state index is 0.147. The zero-order valence-electron chi connectivity index (χ0n) is 19.6. The van der Waals surface area contributed by atoms with E-state index in [1.54, 1.807) is 42.3 Å². The minimum Gasteiger partial charge on any atom is -0.333 e. The Labute approximate surface area is 204 Å². The molecule has 7 heteroatoms. The summed E-state index contributed by atoms with van der Waals surface area (Å²) in [5.41, 5.74) is 6.45. The zero-order valence-corrected chi connectivity index (χ0v) is 19.6. The molecule has 0 amide bonds. The van der Waals surface area contributed by atoms with E-state index in [9.17, 15) is 14.5 Å². The number of hydrogen-bond acceptors (Lipinski definition) is 6. The highest BCUT2D eigenvalue weighted by atomic mass is 16.3. The van der Waals surface area contributed by atoms with Crippen molar-refractivity contribution in [2.75, 3.05) is 14.1 Å². The standard InChI is InChI=1S/C15H13NO.C13H13N3O2/c1-16-9-10-5-4-8-13-14(10)11-6-2-3-7-12(11)15(13)17;1-3-14-10-16(2)13(9-17)8-11-5-4-6-12(7-11)15-18/h2-8,16H,9H2,1H3;3-10H,1H2,2H3/b;13-8-,14-10?. The molecule has 1 aliphatic carbocycles. The van der Waals surface area contributed by atoms with Crippen molar-refractivity contribution in [3.63, 3.8) is 0 Å². The van der Waals surface area contributed by atoms with Gasteiger partial charge in [0.1, 0.15) is 5.69 Å². The summed E-state index contributed by atoms with van der Waals surface area (Å²) in [4.78, 5) is 39.0. The van der Waals surface area contributed by atoms with Crippen molar-refractivity contribution in [2.45, 2.75) is 6.54 Å². The van der Waals surface area contributed by atoms with Crippen LogP contribution >= 0.6 is 0 Å². The summed E-state index contributed by atoms with van der Waals surface area (Å²) >= 11 is 0. The molecule has 0 bridgehead atoms. The average Bonchev–Trinajstić information content (AvgIpc) is 3.19. The fraction of sp³-hybridized carbons (Fsp3) is 0.107. The van der Waals surface area contributed by atoms with Crippen molar-refractivity contribution in [2.24, 2.45) is 10.2 Å². The van der Waals surface area contributed by atoms with Crippen LogP contribution in [0.2, 0.25) is 0 Å². The van der Waals surface area contributed by atoms with Gasteiger partial charge in [-0.05, 0) is 52.7 Å². The van der Waals surface area contributed by atoms with Crippen LogP contribution < -0.4 is 5.32 Å². The second-order valence-electron chi connectivity index (χ2n) is 7.68. The van der Waals surface area contributed by atoms with Gasteiger partial charge in [0, 0.05) is 30.9 Å². The molecule has 0 aromatic heterocycles. The molecule has 0 saturated carbocycles. The molecule has 0 heterocycles. The van der Waals surface area contributed by atoms with Gasteiger partial charge in [-0.3, -0.25) is 9.59 Å². The van der Waals surface area contributed by atoms with Gasteiger partial charge in [0.2, 0.25) is 0 Å². The Morgan fingerprint density at radius 2 is 1.74 bits per heavy atom. The lowest BCUT2D eigenvalue weighted by atomic mass is 9.99. The molecule has 0 unspecified atom stereocenters. The van der Waals surface area contributed by atoms with E-state index in [0.717, 1.165) is 28.8 Å². The molecule has 0 saturated heterocycles. The van der Waals surface area contributed by atoms with Crippen LogP contribution in [0.4, 0.5) is 5.69 Å². The quantitative estimate of drug-likeness (QED) is 0.124. The topological polar surface area (TPSA) is 91.2 Å². The van der Waals surface area contributed by atoms with Gasteiger partial charge in [0.05, 0.1) is 12.0 Å². The number of nitrogens with zero attached hydrogens (tertiary/aromatic N) is 3. The SMILES string of the molecule is C=CN=CN(C)/C(C=O)=C\c1cccc(N=O)c1.CNCc1cccc2c1-c1ccccc1C2=O. The summed E-state index contributed by atoms with van der Waals surface area (Å²) in [6.07, 6.45) is 5.18. The van der Waals surface area contributed by atoms with Crippen LogP contribution in [0.3, 0.4) is 0 Å². The van der Waals surface area contributed by atoms with Crippen molar-refractivity contribution in [3.05, 3.63) is 112 Å². The van der Waals surface area contributed by atoms with Gasteiger partial charge in [-0.1, -0.05) is 61.2 Å². The maximum Gasteiger partial charge on any atom is 0.194 e. The highest BCUT2D eigenvalue weighted by molar-refractivity contribution is 6.22. The molecule has 0 fully saturated rings. The van der Waals surface area contributed by atoms with Crippen molar-refractivity contribution < 1.29 is 9.59 Å². The number of carbonyl (C=O) groups excluding carboxylic acids is 2. The summed E-state index contributed by atoms with van der Waals surface area (Å²) < 4.78 is 0. The number of aliphatic imine (C=N–C) groups is 1. The van der Waals surface area contributed by atoms with Crippen LogP contribution in [0.1, 0.15) is 27.0 Å². The van der Waals surface area contributed by atoms with E-state index in [2.05, 4.69) is 28.1 Å². The van der Waals surface area contributed by atoms with Gasteiger partial charge in [-0.2, -0.15) is 0 Å². The second-order valence-corrected chi connectivity index (χ2v) is 7.68. The van der Waals surface area contributed by atoms with Gasteiger partial charge >= 0.3 is 0 Å². The predicted octanol–water partition coefficient (Wildman–Crippen LogP) is 5.35. The van der Waals surface area contributed by atoms with Gasteiger partial charge < -0.3 is 10.2 Å². The number of rotatable bonds is 8. The Bertz CT molecular complexity index is 1310. The number of hydrogen-bond donors (Lipinski definition) is 1. The summed E-state index contributed by atoms with van der Waals surface area (Å²) in [5, 5.41) is 5.99. The first kappa shape index (κ1) is 25.1. The molecule has 1 N–H and O–H groups in total. The molecule has 1 aliphatic rings. The van der Waals surface area contributed by atoms with E-state index in [4.69, 9.17) is 0 Å². The Morgan fingerprint density at radius 3 is 2.43 bits per heavy atom. The fourth-order valence-electron chi connectivity index (χ4n) is 3.76. The summed E-state index contributed by atoms with van der Waals surface area (Å²) in [6, 6.07) is 20.4. The van der Waals surface area contributed by atoms with Crippen molar-refractivity contribution in [1.82, 2.24) is 10.2 Å². The number of nitroso groups, excluding NO2 is 1. The van der Waals surface area contributed by atoms with Gasteiger partial charge in [-0.25, -0.2) is 4.99 Å². The molecule has 3 aromatic rings. The molecular weight excluding hydrogens is 440 g/mol. The lowest BCUT2D eigenvalue weighted by molar-refractivity contribution is -0.105. The normalized spacial score (nSPS) is 11.8. The van der Waals surface area contributed by atoms with Gasteiger partial charge in [0.25, 0.3) is 0 Å². The maximum atomic E-state index is 12.2. The predicted molar refractivity (Wildman–Crippen MR) is 140 cm³/mol. The summed E-state index contributed by atoms with van der Waals surface area (Å²) in [5.74, 6) is 0.147. The molecule has 35 heavy (non-hydrogen) atoms. The van der Waals surface area contributed by atoms with Crippen LogP contribution in [-0.2, 0) is 11.3 Å². The van der Waals surface area contributed by atoms with Crippen molar-refractivity contribution in [3.8, 4) is 11.1 Å². The van der Waals surface area contributed by atoms with Gasteiger partial charge in [0.15, 0.2) is 12.1 Å². The third-order valence-electron chi connectivity index (χ3n) is 5.37. The average molecular weight is 467 g/mol. The number of ketones is 1. The van der Waals surface area contributed by atoms with E-state index in [1.165, 1.54) is 18.1 Å². The minimum atomic E-state index is 0.147. The first-order valence-electron chi connectivity index (χ1n) is 10.9. The number of carbonyl (C=O) groups is 2. The lowest BCUT2D eigenvalue weighted by Crippen LogP contribution is -2.16. The highest BCUT2D eigenvalue weighted by Crippen LogP contribution is 2.38. The zero-order chi connectivity index (χ0) is 25.2. The number of allylic oxidation sites excluding steroid dienone is 1. The molecule has 0 spiro atoms. The largest absolute Gasteiger partial charge is 0.333 e. The van der Waals surface area contributed by atoms with Gasteiger partial charge in [-0.15, -0.1) is 4.91 Å².